The van der Waals surface area contributed by atoms with E-state index >= 15 is 0 Å². The molecule has 0 spiro atoms. The molecule has 0 bridgehead atoms. The van der Waals surface area contributed by atoms with Crippen LogP contribution in [0.5, 0.6) is 0 Å². The van der Waals surface area contributed by atoms with E-state index < -0.39 is 11.5 Å². The van der Waals surface area contributed by atoms with Gasteiger partial charge in [-0.2, -0.15) is 0 Å². The Balaban J connectivity index is 2.49. The van der Waals surface area contributed by atoms with Crippen LogP contribution in [0.2, 0.25) is 0 Å². The summed E-state index contributed by atoms with van der Waals surface area (Å²) in [7, 11) is 0. The van der Waals surface area contributed by atoms with Gasteiger partial charge >= 0.3 is 5.97 Å². The van der Waals surface area contributed by atoms with Gasteiger partial charge in [-0.15, -0.1) is 0 Å². The quantitative estimate of drug-likeness (QED) is 0.868. The van der Waals surface area contributed by atoms with Crippen LogP contribution in [0.4, 0.5) is 5.69 Å². The molecule has 0 aliphatic heterocycles. The zero-order valence-corrected chi connectivity index (χ0v) is 11.8. The molecule has 2 rings (SSSR count). The Morgan fingerprint density at radius 1 is 1.10 bits per heavy atom. The number of benzene rings is 2. The molecular weight excluding hydrogens is 250 g/mol. The zero-order valence-electron chi connectivity index (χ0n) is 11.8. The maximum Gasteiger partial charge on any atom is 0.334 e. The van der Waals surface area contributed by atoms with E-state index in [1.165, 1.54) is 0 Å². The van der Waals surface area contributed by atoms with Crippen molar-refractivity contribution in [1.29, 1.82) is 0 Å². The highest BCUT2D eigenvalue weighted by Crippen LogP contribution is 2.31. The first-order chi connectivity index (χ1) is 9.60. The molecule has 0 aliphatic carbocycles. The molecule has 2 N–H and O–H groups in total. The molecule has 3 heteroatoms. The Labute approximate surface area is 119 Å². The van der Waals surface area contributed by atoms with Gasteiger partial charge in [-0.05, 0) is 30.5 Å². The van der Waals surface area contributed by atoms with Crippen molar-refractivity contribution < 1.29 is 9.90 Å². The van der Waals surface area contributed by atoms with Crippen molar-refractivity contribution in [3.63, 3.8) is 0 Å². The van der Waals surface area contributed by atoms with E-state index in [1.807, 2.05) is 68.4 Å². The van der Waals surface area contributed by atoms with Gasteiger partial charge in [0.25, 0.3) is 0 Å². The minimum Gasteiger partial charge on any atom is -0.479 e. The molecule has 104 valence electrons. The molecule has 2 aromatic rings. The van der Waals surface area contributed by atoms with E-state index in [2.05, 4.69) is 5.32 Å². The summed E-state index contributed by atoms with van der Waals surface area (Å²) in [6, 6.07) is 17.0. The van der Waals surface area contributed by atoms with Crippen molar-refractivity contribution in [2.75, 3.05) is 5.32 Å². The van der Waals surface area contributed by atoms with Crippen molar-refractivity contribution in [3.05, 3.63) is 65.7 Å². The van der Waals surface area contributed by atoms with Crippen LogP contribution in [0.1, 0.15) is 24.5 Å². The largest absolute Gasteiger partial charge is 0.479 e. The second-order valence-electron chi connectivity index (χ2n) is 4.87. The maximum absolute atomic E-state index is 11.9. The SMILES string of the molecule is CCC(Nc1ccccc1C)(C(=O)O)c1ccccc1. The Hall–Kier alpha value is -2.29. The highest BCUT2D eigenvalue weighted by molar-refractivity contribution is 5.85. The monoisotopic (exact) mass is 269 g/mol. The zero-order chi connectivity index (χ0) is 14.6. The van der Waals surface area contributed by atoms with E-state index in [9.17, 15) is 9.90 Å². The first-order valence-corrected chi connectivity index (χ1v) is 6.73. The van der Waals surface area contributed by atoms with Crippen LogP contribution in [0.15, 0.2) is 54.6 Å². The van der Waals surface area contributed by atoms with Gasteiger partial charge < -0.3 is 10.4 Å². The number of nitrogens with one attached hydrogen (secondary N) is 1. The lowest BCUT2D eigenvalue weighted by Gasteiger charge is -2.31. The summed E-state index contributed by atoms with van der Waals surface area (Å²) in [6.07, 6.45) is 0.459. The third kappa shape index (κ3) is 2.52. The van der Waals surface area contributed by atoms with Crippen molar-refractivity contribution >= 4 is 11.7 Å². The van der Waals surface area contributed by atoms with Crippen LogP contribution in [0, 0.1) is 6.92 Å². The molecule has 0 heterocycles. The van der Waals surface area contributed by atoms with Crippen LogP contribution in [-0.4, -0.2) is 11.1 Å². The van der Waals surface area contributed by atoms with Crippen LogP contribution < -0.4 is 5.32 Å². The summed E-state index contributed by atoms with van der Waals surface area (Å²) in [5.74, 6) is -0.866. The number of aryl methyl sites for hydroxylation is 1. The molecule has 0 amide bonds. The second-order valence-corrected chi connectivity index (χ2v) is 4.87. The number of carboxylic acid groups (broad SMARTS) is 1. The second kappa shape index (κ2) is 5.78. The van der Waals surface area contributed by atoms with Crippen molar-refractivity contribution in [1.82, 2.24) is 0 Å². The van der Waals surface area contributed by atoms with Gasteiger partial charge in [-0.1, -0.05) is 55.5 Å². The van der Waals surface area contributed by atoms with Crippen molar-refractivity contribution in [2.45, 2.75) is 25.8 Å². The minimum absolute atomic E-state index is 0.459. The topological polar surface area (TPSA) is 49.3 Å². The number of anilines is 1. The third-order valence-corrected chi connectivity index (χ3v) is 3.66. The average Bonchev–Trinajstić information content (AvgIpc) is 2.47. The Morgan fingerprint density at radius 2 is 1.70 bits per heavy atom. The van der Waals surface area contributed by atoms with E-state index in [4.69, 9.17) is 0 Å². The number of para-hydroxylation sites is 1. The number of aliphatic carboxylic acids is 1. The van der Waals surface area contributed by atoms with Crippen LogP contribution >= 0.6 is 0 Å². The van der Waals surface area contributed by atoms with Gasteiger partial charge in [0.05, 0.1) is 0 Å². The highest BCUT2D eigenvalue weighted by atomic mass is 16.4. The number of hydrogen-bond acceptors (Lipinski definition) is 2. The number of carboxylic acids is 1. The lowest BCUT2D eigenvalue weighted by molar-refractivity contribution is -0.142. The molecule has 0 aromatic heterocycles. The van der Waals surface area contributed by atoms with Gasteiger partial charge in [-0.3, -0.25) is 0 Å². The predicted molar refractivity (Wildman–Crippen MR) is 80.8 cm³/mol. The highest BCUT2D eigenvalue weighted by Gasteiger charge is 2.38. The Morgan fingerprint density at radius 3 is 2.25 bits per heavy atom. The molecule has 0 saturated carbocycles. The average molecular weight is 269 g/mol. The van der Waals surface area contributed by atoms with E-state index in [0.717, 1.165) is 16.8 Å². The van der Waals surface area contributed by atoms with Gasteiger partial charge in [-0.25, -0.2) is 4.79 Å². The van der Waals surface area contributed by atoms with E-state index in [-0.39, 0.29) is 0 Å². The van der Waals surface area contributed by atoms with Gasteiger partial charge in [0.2, 0.25) is 0 Å². The van der Waals surface area contributed by atoms with Gasteiger partial charge in [0.15, 0.2) is 5.54 Å². The summed E-state index contributed by atoms with van der Waals surface area (Å²) in [5.41, 5.74) is 1.54. The molecule has 0 aliphatic rings. The Kier molecular flexibility index (Phi) is 4.08. The minimum atomic E-state index is -1.10. The molecule has 20 heavy (non-hydrogen) atoms. The molecule has 0 fully saturated rings. The molecule has 0 saturated heterocycles. The van der Waals surface area contributed by atoms with Crippen LogP contribution in [0.3, 0.4) is 0 Å². The maximum atomic E-state index is 11.9. The van der Waals surface area contributed by atoms with Crippen molar-refractivity contribution in [3.8, 4) is 0 Å². The lowest BCUT2D eigenvalue weighted by atomic mass is 9.86. The first kappa shape index (κ1) is 14.1. The standard InChI is InChI=1S/C17H19NO2/c1-3-17(16(19)20,14-10-5-4-6-11-14)18-15-12-8-7-9-13(15)2/h4-12,18H,3H2,1-2H3,(H,19,20). The number of rotatable bonds is 5. The summed E-state index contributed by atoms with van der Waals surface area (Å²) < 4.78 is 0. The fourth-order valence-electron chi connectivity index (χ4n) is 2.36. The number of hydrogen-bond donors (Lipinski definition) is 2. The molecule has 1 unspecified atom stereocenters. The summed E-state index contributed by atoms with van der Waals surface area (Å²) in [6.45, 7) is 3.85. The summed E-state index contributed by atoms with van der Waals surface area (Å²) in [5, 5.41) is 13.0. The van der Waals surface area contributed by atoms with Gasteiger partial charge in [0, 0.05) is 5.69 Å². The Bertz CT molecular complexity index is 595. The smallest absolute Gasteiger partial charge is 0.334 e. The van der Waals surface area contributed by atoms with Crippen LogP contribution in [-0.2, 0) is 10.3 Å². The van der Waals surface area contributed by atoms with Crippen molar-refractivity contribution in [2.24, 2.45) is 0 Å². The predicted octanol–water partition coefficient (Wildman–Crippen LogP) is 3.80. The van der Waals surface area contributed by atoms with E-state index in [1.54, 1.807) is 0 Å². The fraction of sp³-hybridized carbons (Fsp3) is 0.235. The summed E-state index contributed by atoms with van der Waals surface area (Å²) in [4.78, 5) is 11.9. The molecule has 2 aromatic carbocycles. The molecular formula is C17H19NO2. The normalized spacial score (nSPS) is 13.5. The third-order valence-electron chi connectivity index (χ3n) is 3.66. The molecule has 3 nitrogen and oxygen atoms in total. The fourth-order valence-corrected chi connectivity index (χ4v) is 2.36. The lowest BCUT2D eigenvalue weighted by Crippen LogP contribution is -2.43. The first-order valence-electron chi connectivity index (χ1n) is 6.73. The van der Waals surface area contributed by atoms with E-state index in [0.29, 0.717) is 6.42 Å². The molecule has 0 radical (unpaired) electrons. The van der Waals surface area contributed by atoms with Crippen LogP contribution in [0.25, 0.3) is 0 Å². The summed E-state index contributed by atoms with van der Waals surface area (Å²) >= 11 is 0. The molecule has 1 atom stereocenters. The van der Waals surface area contributed by atoms with Gasteiger partial charge in [0.1, 0.15) is 0 Å². The number of carbonyl (C=O) groups is 1.